The molecule has 0 spiro atoms. The highest BCUT2D eigenvalue weighted by Crippen LogP contribution is 2.26. The molecule has 5 nitrogen and oxygen atoms in total. The van der Waals surface area contributed by atoms with E-state index in [1.807, 2.05) is 6.07 Å². The van der Waals surface area contributed by atoms with Gasteiger partial charge < -0.3 is 9.84 Å². The lowest BCUT2D eigenvalue weighted by Crippen LogP contribution is -2.22. The van der Waals surface area contributed by atoms with Crippen LogP contribution in [0, 0.1) is 0 Å². The van der Waals surface area contributed by atoms with Crippen molar-refractivity contribution < 1.29 is 14.6 Å². The van der Waals surface area contributed by atoms with Gasteiger partial charge in [0.05, 0.1) is 12.1 Å². The summed E-state index contributed by atoms with van der Waals surface area (Å²) in [5.41, 5.74) is 0.390. The average Bonchev–Trinajstić information content (AvgIpc) is 2.57. The molecule has 0 saturated carbocycles. The van der Waals surface area contributed by atoms with Gasteiger partial charge in [0.2, 0.25) is 0 Å². The number of hydrogen-bond acceptors (Lipinski definition) is 4. The molecule has 116 valence electrons. The molecule has 0 unspecified atom stereocenters. The Bertz CT molecular complexity index is 929. The Balaban J connectivity index is 2.42. The van der Waals surface area contributed by atoms with Crippen molar-refractivity contribution in [3.63, 3.8) is 0 Å². The van der Waals surface area contributed by atoms with E-state index in [1.165, 1.54) is 4.57 Å². The van der Waals surface area contributed by atoms with Crippen LogP contribution < -0.4 is 5.56 Å². The summed E-state index contributed by atoms with van der Waals surface area (Å²) in [5, 5.41) is 10.8. The summed E-state index contributed by atoms with van der Waals surface area (Å²) >= 11 is 0. The second-order valence-electron chi connectivity index (χ2n) is 4.94. The Labute approximate surface area is 132 Å². The zero-order valence-electron chi connectivity index (χ0n) is 12.5. The number of benzene rings is 2. The summed E-state index contributed by atoms with van der Waals surface area (Å²) in [5.74, 6) is -1.32. The Kier molecular flexibility index (Phi) is 3.85. The zero-order chi connectivity index (χ0) is 16.4. The van der Waals surface area contributed by atoms with Gasteiger partial charge in [-0.05, 0) is 25.1 Å². The van der Waals surface area contributed by atoms with Crippen molar-refractivity contribution in [3.8, 4) is 11.4 Å². The van der Waals surface area contributed by atoms with Crippen molar-refractivity contribution in [2.45, 2.75) is 6.92 Å². The molecule has 1 aromatic heterocycles. The Morgan fingerprint density at radius 3 is 2.43 bits per heavy atom. The molecule has 0 aliphatic heterocycles. The van der Waals surface area contributed by atoms with Gasteiger partial charge in [-0.1, -0.05) is 36.4 Å². The topological polar surface area (TPSA) is 68.5 Å². The Morgan fingerprint density at radius 1 is 1.09 bits per heavy atom. The molecule has 5 heteroatoms. The molecule has 3 aromatic rings. The molecule has 0 bridgehead atoms. The molecular weight excluding hydrogens is 294 g/mol. The summed E-state index contributed by atoms with van der Waals surface area (Å²) in [6, 6.07) is 15.9. The first kappa shape index (κ1) is 14.8. The SMILES string of the molecule is CCOC(=O)c1c(O)c(=O)n(-c2ccccc2)c2ccccc12. The highest BCUT2D eigenvalue weighted by molar-refractivity contribution is 6.06. The minimum Gasteiger partial charge on any atom is -0.502 e. The van der Waals surface area contributed by atoms with Crippen LogP contribution in [0.25, 0.3) is 16.6 Å². The van der Waals surface area contributed by atoms with Crippen molar-refractivity contribution >= 4 is 16.9 Å². The monoisotopic (exact) mass is 309 g/mol. The molecule has 23 heavy (non-hydrogen) atoms. The zero-order valence-corrected chi connectivity index (χ0v) is 12.5. The second kappa shape index (κ2) is 5.96. The van der Waals surface area contributed by atoms with Crippen LogP contribution in [0.3, 0.4) is 0 Å². The van der Waals surface area contributed by atoms with Gasteiger partial charge in [0.25, 0.3) is 5.56 Å². The van der Waals surface area contributed by atoms with E-state index < -0.39 is 17.3 Å². The minimum atomic E-state index is -0.710. The number of hydrogen-bond donors (Lipinski definition) is 1. The van der Waals surface area contributed by atoms with E-state index in [4.69, 9.17) is 4.74 Å². The van der Waals surface area contributed by atoms with Crippen LogP contribution in [0.5, 0.6) is 5.75 Å². The fraction of sp³-hybridized carbons (Fsp3) is 0.111. The highest BCUT2D eigenvalue weighted by Gasteiger charge is 2.22. The van der Waals surface area contributed by atoms with Crippen molar-refractivity contribution in [1.82, 2.24) is 4.57 Å². The first-order valence-electron chi connectivity index (χ1n) is 7.24. The molecule has 3 rings (SSSR count). The number of esters is 1. The van der Waals surface area contributed by atoms with Crippen LogP contribution in [0.4, 0.5) is 0 Å². The van der Waals surface area contributed by atoms with Gasteiger partial charge in [0.1, 0.15) is 5.56 Å². The molecule has 1 heterocycles. The van der Waals surface area contributed by atoms with Crippen LogP contribution >= 0.6 is 0 Å². The average molecular weight is 309 g/mol. The third-order valence-electron chi connectivity index (χ3n) is 3.55. The van der Waals surface area contributed by atoms with E-state index in [9.17, 15) is 14.7 Å². The molecule has 0 amide bonds. The van der Waals surface area contributed by atoms with Crippen molar-refractivity contribution in [2.24, 2.45) is 0 Å². The fourth-order valence-corrected chi connectivity index (χ4v) is 2.57. The number of ether oxygens (including phenoxy) is 1. The maximum atomic E-state index is 12.6. The molecule has 0 saturated heterocycles. The molecule has 0 fully saturated rings. The molecule has 0 aliphatic carbocycles. The number of carbonyl (C=O) groups excluding carboxylic acids is 1. The van der Waals surface area contributed by atoms with Gasteiger partial charge in [-0.2, -0.15) is 0 Å². The van der Waals surface area contributed by atoms with E-state index >= 15 is 0 Å². The second-order valence-corrected chi connectivity index (χ2v) is 4.94. The highest BCUT2D eigenvalue weighted by atomic mass is 16.5. The van der Waals surface area contributed by atoms with Crippen molar-refractivity contribution in [3.05, 3.63) is 70.5 Å². The number of carbonyl (C=O) groups is 1. The number of fused-ring (bicyclic) bond motifs is 1. The van der Waals surface area contributed by atoms with Crippen LogP contribution in [0.15, 0.2) is 59.4 Å². The number of aromatic nitrogens is 1. The van der Waals surface area contributed by atoms with Crippen LogP contribution in [-0.2, 0) is 4.74 Å². The molecule has 0 atom stereocenters. The predicted molar refractivity (Wildman–Crippen MR) is 87.2 cm³/mol. The standard InChI is InChI=1S/C18H15NO4/c1-2-23-18(22)15-13-10-6-7-11-14(13)19(17(21)16(15)20)12-8-4-3-5-9-12/h3-11,20H,2H2,1H3. The summed E-state index contributed by atoms with van der Waals surface area (Å²) in [6.45, 7) is 1.83. The lowest BCUT2D eigenvalue weighted by molar-refractivity contribution is 0.0525. The van der Waals surface area contributed by atoms with Gasteiger partial charge in [0.15, 0.2) is 5.75 Å². The van der Waals surface area contributed by atoms with E-state index in [2.05, 4.69) is 0 Å². The summed E-state index contributed by atoms with van der Waals surface area (Å²) in [7, 11) is 0. The minimum absolute atomic E-state index is 0.0976. The largest absolute Gasteiger partial charge is 0.502 e. The molecular formula is C18H15NO4. The predicted octanol–water partition coefficient (Wildman–Crippen LogP) is 2.87. The van der Waals surface area contributed by atoms with Crippen molar-refractivity contribution in [1.29, 1.82) is 0 Å². The Hall–Kier alpha value is -3.08. The van der Waals surface area contributed by atoms with E-state index in [0.29, 0.717) is 16.6 Å². The number of aromatic hydroxyl groups is 1. The van der Waals surface area contributed by atoms with Gasteiger partial charge in [0, 0.05) is 11.1 Å². The van der Waals surface area contributed by atoms with Crippen LogP contribution in [0.1, 0.15) is 17.3 Å². The quantitative estimate of drug-likeness (QED) is 0.755. The number of rotatable bonds is 3. The van der Waals surface area contributed by atoms with Gasteiger partial charge in [-0.25, -0.2) is 4.79 Å². The molecule has 0 radical (unpaired) electrons. The first-order chi connectivity index (χ1) is 11.1. The number of nitrogens with zero attached hydrogens (tertiary/aromatic N) is 1. The summed E-state index contributed by atoms with van der Waals surface area (Å²) < 4.78 is 6.35. The number of para-hydroxylation sites is 2. The Morgan fingerprint density at radius 2 is 1.74 bits per heavy atom. The van der Waals surface area contributed by atoms with Crippen LogP contribution in [0.2, 0.25) is 0 Å². The van der Waals surface area contributed by atoms with E-state index in [-0.39, 0.29) is 12.2 Å². The lowest BCUT2D eigenvalue weighted by Gasteiger charge is -2.14. The maximum Gasteiger partial charge on any atom is 0.342 e. The lowest BCUT2D eigenvalue weighted by atomic mass is 10.1. The fourth-order valence-electron chi connectivity index (χ4n) is 2.57. The molecule has 2 aromatic carbocycles. The van der Waals surface area contributed by atoms with E-state index in [1.54, 1.807) is 55.5 Å². The van der Waals surface area contributed by atoms with Gasteiger partial charge in [-0.15, -0.1) is 0 Å². The van der Waals surface area contributed by atoms with Gasteiger partial charge >= 0.3 is 5.97 Å². The van der Waals surface area contributed by atoms with E-state index in [0.717, 1.165) is 0 Å². The summed E-state index contributed by atoms with van der Waals surface area (Å²) in [6.07, 6.45) is 0. The third-order valence-corrected chi connectivity index (χ3v) is 3.55. The van der Waals surface area contributed by atoms with Crippen molar-refractivity contribution in [2.75, 3.05) is 6.61 Å². The van der Waals surface area contributed by atoms with Gasteiger partial charge in [-0.3, -0.25) is 9.36 Å². The first-order valence-corrected chi connectivity index (χ1v) is 7.24. The van der Waals surface area contributed by atoms with Crippen LogP contribution in [-0.4, -0.2) is 22.2 Å². The molecule has 0 aliphatic rings. The number of pyridine rings is 1. The maximum absolute atomic E-state index is 12.6. The normalized spacial score (nSPS) is 10.7. The summed E-state index contributed by atoms with van der Waals surface area (Å²) in [4.78, 5) is 24.8. The smallest absolute Gasteiger partial charge is 0.342 e. The third kappa shape index (κ3) is 2.46. The molecule has 1 N–H and O–H groups in total.